The lowest BCUT2D eigenvalue weighted by Gasteiger charge is -2.31. The second-order valence-corrected chi connectivity index (χ2v) is 6.66. The largest absolute Gasteiger partial charge is 0.469 e. The summed E-state index contributed by atoms with van der Waals surface area (Å²) < 4.78 is 32.5. The summed E-state index contributed by atoms with van der Waals surface area (Å²) in [6.45, 7) is 3.73. The molecule has 1 saturated heterocycles. The summed E-state index contributed by atoms with van der Waals surface area (Å²) >= 11 is 0. The van der Waals surface area contributed by atoms with Crippen molar-refractivity contribution in [1.82, 2.24) is 14.3 Å². The van der Waals surface area contributed by atoms with Crippen molar-refractivity contribution in [2.24, 2.45) is 5.92 Å². The number of carbonyl (C=O) groups excluding carboxylic acids is 1. The first-order valence-corrected chi connectivity index (χ1v) is 7.82. The molecule has 0 aliphatic carbocycles. The maximum absolute atomic E-state index is 12.1. The van der Waals surface area contributed by atoms with E-state index >= 15 is 0 Å². The molecule has 1 aliphatic rings. The van der Waals surface area contributed by atoms with Crippen LogP contribution in [0.3, 0.4) is 0 Å². The van der Waals surface area contributed by atoms with Gasteiger partial charge in [0.2, 0.25) is 0 Å². The molecule has 0 saturated carbocycles. The number of nitrogens with zero attached hydrogens (tertiary/aromatic N) is 1. The molecule has 1 aliphatic heterocycles. The van der Waals surface area contributed by atoms with Gasteiger partial charge in [-0.1, -0.05) is 6.92 Å². The van der Waals surface area contributed by atoms with Crippen LogP contribution in [0.1, 0.15) is 19.8 Å². The molecule has 112 valence electrons. The van der Waals surface area contributed by atoms with Gasteiger partial charge in [-0.25, -0.2) is 0 Å². The van der Waals surface area contributed by atoms with Crippen LogP contribution in [0.4, 0.5) is 0 Å². The summed E-state index contributed by atoms with van der Waals surface area (Å²) in [7, 11) is -0.810. The summed E-state index contributed by atoms with van der Waals surface area (Å²) in [5, 5.41) is 3.22. The molecule has 0 aromatic rings. The van der Waals surface area contributed by atoms with Gasteiger partial charge in [0.15, 0.2) is 0 Å². The van der Waals surface area contributed by atoms with Crippen molar-refractivity contribution in [2.75, 3.05) is 33.8 Å². The van der Waals surface area contributed by atoms with Crippen molar-refractivity contribution in [1.29, 1.82) is 0 Å². The molecular formula is C11H23N3O4S. The van der Waals surface area contributed by atoms with Crippen LogP contribution < -0.4 is 10.0 Å². The van der Waals surface area contributed by atoms with Crippen LogP contribution in [0.5, 0.6) is 0 Å². The Morgan fingerprint density at radius 1 is 1.53 bits per heavy atom. The predicted molar refractivity (Wildman–Crippen MR) is 71.8 cm³/mol. The third-order valence-electron chi connectivity index (χ3n) is 3.35. The zero-order chi connectivity index (χ0) is 14.5. The zero-order valence-electron chi connectivity index (χ0n) is 11.7. The van der Waals surface area contributed by atoms with Gasteiger partial charge in [0.05, 0.1) is 13.5 Å². The van der Waals surface area contributed by atoms with Crippen LogP contribution in [0, 0.1) is 5.92 Å². The maximum atomic E-state index is 12.1. The molecule has 2 N–H and O–H groups in total. The molecule has 0 spiro atoms. The van der Waals surface area contributed by atoms with Gasteiger partial charge in [-0.15, -0.1) is 0 Å². The molecular weight excluding hydrogens is 270 g/mol. The molecule has 0 radical (unpaired) electrons. The van der Waals surface area contributed by atoms with E-state index in [0.717, 1.165) is 23.8 Å². The van der Waals surface area contributed by atoms with Gasteiger partial charge >= 0.3 is 5.97 Å². The summed E-state index contributed by atoms with van der Waals surface area (Å²) in [6.07, 6.45) is 0.820. The molecule has 1 fully saturated rings. The first-order valence-electron chi connectivity index (χ1n) is 6.38. The third-order valence-corrected chi connectivity index (χ3v) is 4.96. The van der Waals surface area contributed by atoms with Crippen LogP contribution in [0.15, 0.2) is 0 Å². The topological polar surface area (TPSA) is 87.7 Å². The summed E-state index contributed by atoms with van der Waals surface area (Å²) in [5.41, 5.74) is 0. The number of hydrogen-bond donors (Lipinski definition) is 2. The van der Waals surface area contributed by atoms with E-state index in [1.807, 2.05) is 6.92 Å². The zero-order valence-corrected chi connectivity index (χ0v) is 12.5. The molecule has 2 unspecified atom stereocenters. The SMILES string of the molecule is COC(=O)CCN(C)S(=O)(=O)NC1CCNCC1C. The van der Waals surface area contributed by atoms with Crippen molar-refractivity contribution in [3.8, 4) is 0 Å². The van der Waals surface area contributed by atoms with Crippen LogP contribution in [0.2, 0.25) is 0 Å². The molecule has 1 rings (SSSR count). The lowest BCUT2D eigenvalue weighted by atomic mass is 9.97. The average molecular weight is 293 g/mol. The van der Waals surface area contributed by atoms with Gasteiger partial charge in [0.25, 0.3) is 10.2 Å². The van der Waals surface area contributed by atoms with Crippen molar-refractivity contribution >= 4 is 16.2 Å². The number of methoxy groups -OCH3 is 1. The third kappa shape index (κ3) is 5.06. The van der Waals surface area contributed by atoms with Gasteiger partial charge in [-0.2, -0.15) is 17.4 Å². The Balaban J connectivity index is 2.51. The summed E-state index contributed by atoms with van der Waals surface area (Å²) in [5.74, 6) is -0.171. The number of hydrogen-bond acceptors (Lipinski definition) is 5. The smallest absolute Gasteiger partial charge is 0.306 e. The minimum absolute atomic E-state index is 0.0513. The average Bonchev–Trinajstić information content (AvgIpc) is 2.37. The van der Waals surface area contributed by atoms with Crippen LogP contribution >= 0.6 is 0 Å². The lowest BCUT2D eigenvalue weighted by Crippen LogP contribution is -2.51. The normalized spacial score (nSPS) is 24.4. The molecule has 1 heterocycles. The van der Waals surface area contributed by atoms with E-state index in [-0.39, 0.29) is 24.9 Å². The minimum Gasteiger partial charge on any atom is -0.469 e. The van der Waals surface area contributed by atoms with Crippen molar-refractivity contribution in [3.63, 3.8) is 0 Å². The number of ether oxygens (including phenoxy) is 1. The highest BCUT2D eigenvalue weighted by Gasteiger charge is 2.28. The molecule has 0 aromatic carbocycles. The highest BCUT2D eigenvalue weighted by Crippen LogP contribution is 2.12. The number of carbonyl (C=O) groups is 1. The fourth-order valence-corrected chi connectivity index (χ4v) is 3.19. The van der Waals surface area contributed by atoms with E-state index in [4.69, 9.17) is 0 Å². The van der Waals surface area contributed by atoms with E-state index < -0.39 is 16.2 Å². The monoisotopic (exact) mass is 293 g/mol. The molecule has 7 nitrogen and oxygen atoms in total. The highest BCUT2D eigenvalue weighted by atomic mass is 32.2. The number of rotatable bonds is 6. The first-order chi connectivity index (χ1) is 8.86. The molecule has 0 amide bonds. The van der Waals surface area contributed by atoms with Gasteiger partial charge < -0.3 is 10.1 Å². The van der Waals surface area contributed by atoms with Crippen molar-refractivity contribution in [2.45, 2.75) is 25.8 Å². The second-order valence-electron chi connectivity index (χ2n) is 4.85. The van der Waals surface area contributed by atoms with Crippen molar-refractivity contribution < 1.29 is 17.9 Å². The second kappa shape index (κ2) is 7.18. The van der Waals surface area contributed by atoms with E-state index in [0.29, 0.717) is 0 Å². The predicted octanol–water partition coefficient (Wildman–Crippen LogP) is -0.686. The quantitative estimate of drug-likeness (QED) is 0.633. The Morgan fingerprint density at radius 2 is 2.21 bits per heavy atom. The Hall–Kier alpha value is -0.700. The maximum Gasteiger partial charge on any atom is 0.306 e. The van der Waals surface area contributed by atoms with Crippen LogP contribution in [0.25, 0.3) is 0 Å². The number of piperidine rings is 1. The Labute approximate surface area is 114 Å². The summed E-state index contributed by atoms with van der Waals surface area (Å²) in [6, 6.07) is -0.0631. The lowest BCUT2D eigenvalue weighted by molar-refractivity contribution is -0.140. The van der Waals surface area contributed by atoms with Crippen LogP contribution in [-0.2, 0) is 19.7 Å². The molecule has 0 bridgehead atoms. The Morgan fingerprint density at radius 3 is 2.79 bits per heavy atom. The van der Waals surface area contributed by atoms with Gasteiger partial charge in [0, 0.05) is 19.6 Å². The number of esters is 1. The fraction of sp³-hybridized carbons (Fsp3) is 0.909. The van der Waals surface area contributed by atoms with E-state index in [9.17, 15) is 13.2 Å². The standard InChI is InChI=1S/C11H23N3O4S/c1-9-8-12-6-4-10(9)13-19(16,17)14(2)7-5-11(15)18-3/h9-10,12-13H,4-8H2,1-3H3. The van der Waals surface area contributed by atoms with Crippen LogP contribution in [-0.4, -0.2) is 58.5 Å². The van der Waals surface area contributed by atoms with Gasteiger partial charge in [-0.3, -0.25) is 4.79 Å². The molecule has 8 heteroatoms. The highest BCUT2D eigenvalue weighted by molar-refractivity contribution is 7.87. The van der Waals surface area contributed by atoms with E-state index in [1.54, 1.807) is 0 Å². The van der Waals surface area contributed by atoms with E-state index in [2.05, 4.69) is 14.8 Å². The minimum atomic E-state index is -3.55. The molecule has 2 atom stereocenters. The Bertz CT molecular complexity index is 399. The first kappa shape index (κ1) is 16.4. The summed E-state index contributed by atoms with van der Waals surface area (Å²) in [4.78, 5) is 11.0. The van der Waals surface area contributed by atoms with Crippen molar-refractivity contribution in [3.05, 3.63) is 0 Å². The van der Waals surface area contributed by atoms with Gasteiger partial charge in [-0.05, 0) is 25.4 Å². The molecule has 19 heavy (non-hydrogen) atoms. The number of nitrogens with one attached hydrogen (secondary N) is 2. The van der Waals surface area contributed by atoms with Gasteiger partial charge in [0.1, 0.15) is 0 Å². The van der Waals surface area contributed by atoms with E-state index in [1.165, 1.54) is 14.2 Å². The molecule has 0 aromatic heterocycles. The fourth-order valence-electron chi connectivity index (χ4n) is 1.94. The Kier molecular flexibility index (Phi) is 6.18.